The smallest absolute Gasteiger partial charge is 0.395 e. The van der Waals surface area contributed by atoms with Crippen molar-refractivity contribution in [3.8, 4) is 11.5 Å². The molecule has 2 aliphatic rings. The predicted molar refractivity (Wildman–Crippen MR) is 84.0 cm³/mol. The van der Waals surface area contributed by atoms with E-state index < -0.39 is 6.29 Å². The quantitative estimate of drug-likeness (QED) is 0.895. The number of nitrogens with one attached hydrogen (secondary N) is 1. The molecule has 7 heteroatoms. The average Bonchev–Trinajstić information content (AvgIpc) is 2.82. The Balaban J connectivity index is 1.62. The standard InChI is InChI=1S/C17H22F2N2O3/c1-12(22)20-8-7-14-4-2-3-9-21(14)11-13-5-6-15-16(10-13)24-17(18,19)23-15/h5-6,10,14H,2-4,7-9,11H2,1H3,(H,20,22). The van der Waals surface area contributed by atoms with Gasteiger partial charge in [0.25, 0.3) is 0 Å². The number of rotatable bonds is 5. The maximum absolute atomic E-state index is 13.1. The molecule has 2 heterocycles. The van der Waals surface area contributed by atoms with Gasteiger partial charge in [0.15, 0.2) is 11.5 Å². The van der Waals surface area contributed by atoms with Gasteiger partial charge in [-0.2, -0.15) is 0 Å². The predicted octanol–water partition coefficient (Wildman–Crippen LogP) is 2.89. The first-order valence-corrected chi connectivity index (χ1v) is 8.30. The van der Waals surface area contributed by atoms with Crippen LogP contribution in [0, 0.1) is 0 Å². The molecule has 3 rings (SSSR count). The molecule has 0 aromatic heterocycles. The monoisotopic (exact) mass is 340 g/mol. The fraction of sp³-hybridized carbons (Fsp3) is 0.588. The van der Waals surface area contributed by atoms with E-state index in [1.807, 2.05) is 0 Å². The van der Waals surface area contributed by atoms with Gasteiger partial charge < -0.3 is 14.8 Å². The lowest BCUT2D eigenvalue weighted by Crippen LogP contribution is -2.41. The highest BCUT2D eigenvalue weighted by Gasteiger charge is 2.43. The van der Waals surface area contributed by atoms with Crippen LogP contribution in [-0.4, -0.2) is 36.2 Å². The van der Waals surface area contributed by atoms with E-state index in [1.54, 1.807) is 12.1 Å². The van der Waals surface area contributed by atoms with Crippen LogP contribution in [0.1, 0.15) is 38.2 Å². The maximum Gasteiger partial charge on any atom is 0.586 e. The van der Waals surface area contributed by atoms with Gasteiger partial charge in [0.2, 0.25) is 5.91 Å². The molecule has 132 valence electrons. The molecule has 1 atom stereocenters. The van der Waals surface area contributed by atoms with Crippen LogP contribution in [0.5, 0.6) is 11.5 Å². The number of carbonyl (C=O) groups is 1. The SMILES string of the molecule is CC(=O)NCCC1CCCCN1Cc1ccc2c(c1)OC(F)(F)O2. The van der Waals surface area contributed by atoms with Gasteiger partial charge in [-0.15, -0.1) is 8.78 Å². The summed E-state index contributed by atoms with van der Waals surface area (Å²) in [4.78, 5) is 13.4. The van der Waals surface area contributed by atoms with Crippen LogP contribution in [0.25, 0.3) is 0 Å². The van der Waals surface area contributed by atoms with E-state index in [-0.39, 0.29) is 17.4 Å². The van der Waals surface area contributed by atoms with Gasteiger partial charge in [0.1, 0.15) is 0 Å². The average molecular weight is 340 g/mol. The largest absolute Gasteiger partial charge is 0.586 e. The Bertz CT molecular complexity index is 609. The minimum absolute atomic E-state index is 0.0194. The molecular formula is C17H22F2N2O3. The summed E-state index contributed by atoms with van der Waals surface area (Å²) in [5, 5.41) is 2.83. The number of amides is 1. The van der Waals surface area contributed by atoms with E-state index in [4.69, 9.17) is 0 Å². The molecule has 1 amide bonds. The lowest BCUT2D eigenvalue weighted by molar-refractivity contribution is -0.286. The van der Waals surface area contributed by atoms with E-state index in [2.05, 4.69) is 19.7 Å². The summed E-state index contributed by atoms with van der Waals surface area (Å²) in [7, 11) is 0. The number of ether oxygens (including phenoxy) is 2. The number of benzene rings is 1. The van der Waals surface area contributed by atoms with Gasteiger partial charge in [-0.3, -0.25) is 9.69 Å². The summed E-state index contributed by atoms with van der Waals surface area (Å²) in [6, 6.07) is 5.33. The Hall–Kier alpha value is -1.89. The Morgan fingerprint density at radius 1 is 1.33 bits per heavy atom. The zero-order chi connectivity index (χ0) is 17.2. The summed E-state index contributed by atoms with van der Waals surface area (Å²) < 4.78 is 35.2. The Morgan fingerprint density at radius 2 is 2.12 bits per heavy atom. The third-order valence-corrected chi connectivity index (χ3v) is 4.45. The maximum atomic E-state index is 13.1. The second kappa shape index (κ2) is 6.93. The molecule has 0 aliphatic carbocycles. The van der Waals surface area contributed by atoms with E-state index in [9.17, 15) is 13.6 Å². The van der Waals surface area contributed by atoms with Crippen molar-refractivity contribution in [1.29, 1.82) is 0 Å². The van der Waals surface area contributed by atoms with E-state index in [0.29, 0.717) is 19.1 Å². The number of carbonyl (C=O) groups excluding carboxylic acids is 1. The molecule has 5 nitrogen and oxygen atoms in total. The fourth-order valence-electron chi connectivity index (χ4n) is 3.34. The van der Waals surface area contributed by atoms with Gasteiger partial charge >= 0.3 is 6.29 Å². The van der Waals surface area contributed by atoms with Gasteiger partial charge in [0, 0.05) is 26.1 Å². The minimum Gasteiger partial charge on any atom is -0.395 e. The van der Waals surface area contributed by atoms with Crippen molar-refractivity contribution in [1.82, 2.24) is 10.2 Å². The summed E-state index contributed by atoms with van der Waals surface area (Å²) in [5.41, 5.74) is 0.918. The topological polar surface area (TPSA) is 50.8 Å². The van der Waals surface area contributed by atoms with Crippen LogP contribution in [0.4, 0.5) is 8.78 Å². The summed E-state index contributed by atoms with van der Waals surface area (Å²) in [6.07, 6.45) is 0.700. The number of fused-ring (bicyclic) bond motifs is 1. The van der Waals surface area contributed by atoms with Crippen molar-refractivity contribution >= 4 is 5.91 Å². The van der Waals surface area contributed by atoms with Crippen molar-refractivity contribution in [3.05, 3.63) is 23.8 Å². The number of nitrogens with zero attached hydrogens (tertiary/aromatic N) is 1. The fourth-order valence-corrected chi connectivity index (χ4v) is 3.34. The zero-order valence-corrected chi connectivity index (χ0v) is 13.7. The first-order chi connectivity index (χ1) is 11.4. The minimum atomic E-state index is -3.58. The van der Waals surface area contributed by atoms with E-state index >= 15 is 0 Å². The van der Waals surface area contributed by atoms with E-state index in [1.165, 1.54) is 19.4 Å². The van der Waals surface area contributed by atoms with Crippen LogP contribution < -0.4 is 14.8 Å². The Kier molecular flexibility index (Phi) is 4.89. The third-order valence-electron chi connectivity index (χ3n) is 4.45. The highest BCUT2D eigenvalue weighted by Crippen LogP contribution is 2.41. The summed E-state index contributed by atoms with van der Waals surface area (Å²) in [5.74, 6) is 0.142. The van der Waals surface area contributed by atoms with E-state index in [0.717, 1.165) is 31.4 Å². The Morgan fingerprint density at radius 3 is 2.92 bits per heavy atom. The number of halogens is 2. The molecule has 1 unspecified atom stereocenters. The number of hydrogen-bond donors (Lipinski definition) is 1. The number of hydrogen-bond acceptors (Lipinski definition) is 4. The number of piperidine rings is 1. The molecule has 0 bridgehead atoms. The molecule has 1 aromatic rings. The highest BCUT2D eigenvalue weighted by molar-refractivity contribution is 5.72. The van der Waals surface area contributed by atoms with Crippen molar-refractivity contribution in [2.24, 2.45) is 0 Å². The number of likely N-dealkylation sites (tertiary alicyclic amines) is 1. The summed E-state index contributed by atoms with van der Waals surface area (Å²) in [6.45, 7) is 3.81. The van der Waals surface area contributed by atoms with Gasteiger partial charge in [-0.25, -0.2) is 0 Å². The molecule has 1 aromatic carbocycles. The highest BCUT2D eigenvalue weighted by atomic mass is 19.3. The van der Waals surface area contributed by atoms with Crippen molar-refractivity contribution in [3.63, 3.8) is 0 Å². The van der Waals surface area contributed by atoms with Crippen molar-refractivity contribution in [2.75, 3.05) is 13.1 Å². The molecule has 0 radical (unpaired) electrons. The lowest BCUT2D eigenvalue weighted by atomic mass is 9.98. The van der Waals surface area contributed by atoms with Crippen LogP contribution >= 0.6 is 0 Å². The van der Waals surface area contributed by atoms with Crippen LogP contribution in [0.2, 0.25) is 0 Å². The lowest BCUT2D eigenvalue weighted by Gasteiger charge is -2.36. The molecule has 0 saturated carbocycles. The second-order valence-corrected chi connectivity index (χ2v) is 6.34. The number of alkyl halides is 2. The molecule has 0 spiro atoms. The van der Waals surface area contributed by atoms with Crippen LogP contribution in [0.15, 0.2) is 18.2 Å². The van der Waals surface area contributed by atoms with Crippen LogP contribution in [0.3, 0.4) is 0 Å². The Labute approximate surface area is 139 Å². The molecule has 24 heavy (non-hydrogen) atoms. The first kappa shape index (κ1) is 17.0. The molecule has 1 fully saturated rings. The van der Waals surface area contributed by atoms with Gasteiger partial charge in [-0.1, -0.05) is 12.5 Å². The second-order valence-electron chi connectivity index (χ2n) is 6.34. The van der Waals surface area contributed by atoms with Crippen LogP contribution in [-0.2, 0) is 11.3 Å². The third kappa shape index (κ3) is 4.14. The summed E-state index contributed by atoms with van der Waals surface area (Å²) >= 11 is 0. The van der Waals surface area contributed by atoms with Gasteiger partial charge in [0.05, 0.1) is 0 Å². The normalized spacial score (nSPS) is 22.4. The first-order valence-electron chi connectivity index (χ1n) is 8.30. The van der Waals surface area contributed by atoms with Gasteiger partial charge in [-0.05, 0) is 43.5 Å². The zero-order valence-electron chi connectivity index (χ0n) is 13.7. The van der Waals surface area contributed by atoms with Crippen molar-refractivity contribution < 1.29 is 23.0 Å². The molecule has 1 N–H and O–H groups in total. The molecule has 1 saturated heterocycles. The molecule has 2 aliphatic heterocycles. The van der Waals surface area contributed by atoms with Crippen molar-refractivity contribution in [2.45, 2.75) is 51.5 Å². The molecular weight excluding hydrogens is 318 g/mol.